The number of benzene rings is 3. The Labute approximate surface area is 204 Å². The van der Waals surface area contributed by atoms with Crippen LogP contribution >= 0.6 is 0 Å². The number of carbonyl (C=O) groups is 1. The third kappa shape index (κ3) is 6.71. The van der Waals surface area contributed by atoms with Crippen molar-refractivity contribution in [2.75, 3.05) is 26.7 Å². The van der Waals surface area contributed by atoms with Crippen LogP contribution in [0.4, 0.5) is 0 Å². The van der Waals surface area contributed by atoms with E-state index in [1.807, 2.05) is 24.3 Å². The molecule has 0 radical (unpaired) electrons. The van der Waals surface area contributed by atoms with Gasteiger partial charge in [-0.25, -0.2) is 0 Å². The smallest absolute Gasteiger partial charge is 0.227 e. The molecule has 0 atom stereocenters. The Bertz CT molecular complexity index is 1020. The number of likely N-dealkylation sites (tertiary alicyclic amines) is 1. The van der Waals surface area contributed by atoms with E-state index in [4.69, 9.17) is 4.74 Å². The topological polar surface area (TPSA) is 32.8 Å². The summed E-state index contributed by atoms with van der Waals surface area (Å²) in [6.07, 6.45) is 3.54. The largest absolute Gasteiger partial charge is 0.497 e. The summed E-state index contributed by atoms with van der Waals surface area (Å²) in [6, 6.07) is 27.4. The van der Waals surface area contributed by atoms with E-state index in [0.29, 0.717) is 13.0 Å². The predicted octanol–water partition coefficient (Wildman–Crippen LogP) is 5.28. The number of aryl methyl sites for hydroxylation is 1. The van der Waals surface area contributed by atoms with Gasteiger partial charge in [0.05, 0.1) is 13.5 Å². The molecule has 1 heterocycles. The van der Waals surface area contributed by atoms with Gasteiger partial charge in [-0.05, 0) is 55.0 Å². The molecule has 0 saturated carbocycles. The van der Waals surface area contributed by atoms with Crippen LogP contribution in [0.2, 0.25) is 0 Å². The number of hydrogen-bond acceptors (Lipinski definition) is 3. The van der Waals surface area contributed by atoms with Crippen molar-refractivity contribution in [1.82, 2.24) is 9.80 Å². The summed E-state index contributed by atoms with van der Waals surface area (Å²) in [5.74, 6) is 1.02. The highest BCUT2D eigenvalue weighted by molar-refractivity contribution is 5.79. The lowest BCUT2D eigenvalue weighted by molar-refractivity contribution is -0.134. The quantitative estimate of drug-likeness (QED) is 0.439. The van der Waals surface area contributed by atoms with Crippen molar-refractivity contribution in [2.24, 2.45) is 0 Å². The first-order valence-corrected chi connectivity index (χ1v) is 12.3. The van der Waals surface area contributed by atoms with Gasteiger partial charge in [-0.1, -0.05) is 72.3 Å². The van der Waals surface area contributed by atoms with Gasteiger partial charge in [-0.2, -0.15) is 0 Å². The van der Waals surface area contributed by atoms with E-state index in [-0.39, 0.29) is 11.9 Å². The lowest BCUT2D eigenvalue weighted by atomic mass is 10.00. The number of rotatable bonds is 9. The van der Waals surface area contributed by atoms with Crippen molar-refractivity contribution in [3.05, 3.63) is 101 Å². The van der Waals surface area contributed by atoms with Gasteiger partial charge in [0.25, 0.3) is 0 Å². The van der Waals surface area contributed by atoms with Gasteiger partial charge >= 0.3 is 0 Å². The van der Waals surface area contributed by atoms with Crippen LogP contribution in [0.5, 0.6) is 5.75 Å². The molecule has 3 aromatic carbocycles. The van der Waals surface area contributed by atoms with Crippen LogP contribution in [0.3, 0.4) is 0 Å². The molecule has 0 unspecified atom stereocenters. The van der Waals surface area contributed by atoms with Crippen molar-refractivity contribution in [1.29, 1.82) is 0 Å². The van der Waals surface area contributed by atoms with Crippen LogP contribution in [0.25, 0.3) is 0 Å². The van der Waals surface area contributed by atoms with E-state index < -0.39 is 0 Å². The fraction of sp³-hybridized carbons (Fsp3) is 0.367. The molecule has 0 aromatic heterocycles. The van der Waals surface area contributed by atoms with Crippen molar-refractivity contribution in [3.63, 3.8) is 0 Å². The van der Waals surface area contributed by atoms with Gasteiger partial charge in [0.15, 0.2) is 0 Å². The Balaban J connectivity index is 1.40. The summed E-state index contributed by atoms with van der Waals surface area (Å²) in [6.45, 7) is 5.93. The van der Waals surface area contributed by atoms with Crippen LogP contribution < -0.4 is 4.74 Å². The number of hydrogen-bond donors (Lipinski definition) is 0. The maximum atomic E-state index is 13.5. The molecule has 178 valence electrons. The molecule has 34 heavy (non-hydrogen) atoms. The van der Waals surface area contributed by atoms with Crippen LogP contribution in [0.1, 0.15) is 35.1 Å². The maximum absolute atomic E-state index is 13.5. The first kappa shape index (κ1) is 24.0. The van der Waals surface area contributed by atoms with Gasteiger partial charge in [-0.15, -0.1) is 0 Å². The molecule has 1 fully saturated rings. The number of piperidine rings is 1. The number of amides is 1. The minimum Gasteiger partial charge on any atom is -0.497 e. The van der Waals surface area contributed by atoms with Crippen LogP contribution in [-0.4, -0.2) is 48.5 Å². The summed E-state index contributed by atoms with van der Waals surface area (Å²) in [7, 11) is 1.66. The van der Waals surface area contributed by atoms with E-state index in [9.17, 15) is 4.79 Å². The SMILES string of the molecule is COc1ccc(CC(=O)N(Cc2ccc(C)cc2)C2CCN(CCc3ccccc3)CC2)cc1. The summed E-state index contributed by atoms with van der Waals surface area (Å²) < 4.78 is 5.26. The molecule has 1 amide bonds. The standard InChI is InChI=1S/C30H36N2O2/c1-24-8-10-27(11-9-24)23-32(30(33)22-26-12-14-29(34-2)15-13-26)28-17-20-31(21-18-28)19-16-25-6-4-3-5-7-25/h3-15,28H,16-23H2,1-2H3. The summed E-state index contributed by atoms with van der Waals surface area (Å²) in [4.78, 5) is 18.2. The molecule has 4 nitrogen and oxygen atoms in total. The molecule has 0 spiro atoms. The number of methoxy groups -OCH3 is 1. The van der Waals surface area contributed by atoms with Crippen molar-refractivity contribution in [2.45, 2.75) is 45.2 Å². The summed E-state index contributed by atoms with van der Waals surface area (Å²) in [5.41, 5.74) is 4.85. The third-order valence-corrected chi connectivity index (χ3v) is 6.87. The average Bonchev–Trinajstić information content (AvgIpc) is 2.88. The lowest BCUT2D eigenvalue weighted by Gasteiger charge is -2.39. The van der Waals surface area contributed by atoms with Gasteiger partial charge < -0.3 is 14.5 Å². The zero-order chi connectivity index (χ0) is 23.8. The van der Waals surface area contributed by atoms with Crippen molar-refractivity contribution >= 4 is 5.91 Å². The van der Waals surface area contributed by atoms with E-state index in [1.54, 1.807) is 7.11 Å². The monoisotopic (exact) mass is 456 g/mol. The lowest BCUT2D eigenvalue weighted by Crippen LogP contribution is -2.47. The molecule has 0 bridgehead atoms. The molecular weight excluding hydrogens is 420 g/mol. The first-order chi connectivity index (χ1) is 16.6. The average molecular weight is 457 g/mol. The van der Waals surface area contributed by atoms with Crippen LogP contribution in [0.15, 0.2) is 78.9 Å². The van der Waals surface area contributed by atoms with Crippen molar-refractivity contribution < 1.29 is 9.53 Å². The van der Waals surface area contributed by atoms with E-state index >= 15 is 0 Å². The second kappa shape index (κ2) is 11.8. The fourth-order valence-corrected chi connectivity index (χ4v) is 4.72. The zero-order valence-electron chi connectivity index (χ0n) is 20.5. The molecular formula is C30H36N2O2. The normalized spacial score (nSPS) is 14.6. The molecule has 0 N–H and O–H groups in total. The minimum atomic E-state index is 0.202. The first-order valence-electron chi connectivity index (χ1n) is 12.3. The second-order valence-electron chi connectivity index (χ2n) is 9.34. The number of nitrogens with zero attached hydrogens (tertiary/aromatic N) is 2. The van der Waals surface area contributed by atoms with Gasteiger partial charge in [0, 0.05) is 32.2 Å². The van der Waals surface area contributed by atoms with E-state index in [0.717, 1.165) is 50.2 Å². The molecule has 3 aromatic rings. The Morgan fingerprint density at radius 1 is 0.882 bits per heavy atom. The molecule has 1 saturated heterocycles. The van der Waals surface area contributed by atoms with Gasteiger partial charge in [0.2, 0.25) is 5.91 Å². The second-order valence-corrected chi connectivity index (χ2v) is 9.34. The van der Waals surface area contributed by atoms with Gasteiger partial charge in [0.1, 0.15) is 5.75 Å². The Morgan fingerprint density at radius 3 is 2.18 bits per heavy atom. The maximum Gasteiger partial charge on any atom is 0.227 e. The van der Waals surface area contributed by atoms with Crippen molar-refractivity contribution in [3.8, 4) is 5.75 Å². The Morgan fingerprint density at radius 2 is 1.53 bits per heavy atom. The molecule has 0 aliphatic carbocycles. The zero-order valence-corrected chi connectivity index (χ0v) is 20.5. The molecule has 4 rings (SSSR count). The number of carbonyl (C=O) groups excluding carboxylic acids is 1. The minimum absolute atomic E-state index is 0.202. The van der Waals surface area contributed by atoms with Gasteiger partial charge in [-0.3, -0.25) is 4.79 Å². The molecule has 1 aliphatic heterocycles. The molecule has 4 heteroatoms. The van der Waals surface area contributed by atoms with Crippen LogP contribution in [-0.2, 0) is 24.2 Å². The summed E-state index contributed by atoms with van der Waals surface area (Å²) >= 11 is 0. The third-order valence-electron chi connectivity index (χ3n) is 6.87. The number of ether oxygens (including phenoxy) is 1. The highest BCUT2D eigenvalue weighted by atomic mass is 16.5. The summed E-state index contributed by atoms with van der Waals surface area (Å²) in [5, 5.41) is 0. The van der Waals surface area contributed by atoms with E-state index in [1.165, 1.54) is 16.7 Å². The predicted molar refractivity (Wildman–Crippen MR) is 138 cm³/mol. The highest BCUT2D eigenvalue weighted by Gasteiger charge is 2.28. The van der Waals surface area contributed by atoms with E-state index in [2.05, 4.69) is 71.3 Å². The Hall–Kier alpha value is -3.11. The Kier molecular flexibility index (Phi) is 8.37. The fourth-order valence-electron chi connectivity index (χ4n) is 4.72. The van der Waals surface area contributed by atoms with Crippen LogP contribution in [0, 0.1) is 6.92 Å². The highest BCUT2D eigenvalue weighted by Crippen LogP contribution is 2.22. The molecule has 1 aliphatic rings.